The number of nitrogens with zero attached hydrogens (tertiary/aromatic N) is 1. The van der Waals surface area contributed by atoms with Crippen LogP contribution in [0.1, 0.15) is 31.7 Å². The number of aryl methyl sites for hydroxylation is 1. The number of nitrogens with two attached hydrogens (primary N) is 1. The van der Waals surface area contributed by atoms with Gasteiger partial charge in [0.15, 0.2) is 0 Å². The third kappa shape index (κ3) is 3.40. The van der Waals surface area contributed by atoms with Crippen LogP contribution >= 0.6 is 0 Å². The molecule has 1 fully saturated rings. The van der Waals surface area contributed by atoms with E-state index in [1.54, 1.807) is 19.2 Å². The molecule has 0 radical (unpaired) electrons. The van der Waals surface area contributed by atoms with Crippen LogP contribution < -0.4 is 5.73 Å². The molecule has 5 heteroatoms. The van der Waals surface area contributed by atoms with Crippen molar-refractivity contribution in [2.45, 2.75) is 43.5 Å². The van der Waals surface area contributed by atoms with E-state index in [1.165, 1.54) is 9.87 Å². The number of hydrogen-bond donors (Lipinski definition) is 1. The van der Waals surface area contributed by atoms with Gasteiger partial charge in [0.25, 0.3) is 0 Å². The molecule has 1 aliphatic carbocycles. The van der Waals surface area contributed by atoms with Gasteiger partial charge in [-0.15, -0.1) is 0 Å². The van der Waals surface area contributed by atoms with Crippen molar-refractivity contribution in [1.29, 1.82) is 0 Å². The van der Waals surface area contributed by atoms with Crippen LogP contribution in [0.4, 0.5) is 0 Å². The first-order valence-corrected chi connectivity index (χ1v) is 8.68. The van der Waals surface area contributed by atoms with E-state index in [4.69, 9.17) is 5.73 Å². The summed E-state index contributed by atoms with van der Waals surface area (Å²) < 4.78 is 26.4. The molecule has 1 aromatic carbocycles. The molecule has 2 rings (SSSR count). The van der Waals surface area contributed by atoms with E-state index in [1.807, 2.05) is 12.1 Å². The summed E-state index contributed by atoms with van der Waals surface area (Å²) in [6.07, 6.45) is 3.90. The minimum atomic E-state index is -3.37. The molecule has 0 bridgehead atoms. The van der Waals surface area contributed by atoms with Gasteiger partial charge >= 0.3 is 0 Å². The van der Waals surface area contributed by atoms with Crippen molar-refractivity contribution in [3.63, 3.8) is 0 Å². The zero-order valence-electron chi connectivity index (χ0n) is 12.2. The van der Waals surface area contributed by atoms with Crippen LogP contribution in [0.25, 0.3) is 0 Å². The van der Waals surface area contributed by atoms with E-state index in [2.05, 4.69) is 6.92 Å². The van der Waals surface area contributed by atoms with Crippen LogP contribution in [-0.2, 0) is 16.4 Å². The number of benzene rings is 1. The predicted octanol–water partition coefficient (Wildman–Crippen LogP) is 2.00. The van der Waals surface area contributed by atoms with Gasteiger partial charge in [-0.3, -0.25) is 0 Å². The third-order valence-corrected chi connectivity index (χ3v) is 5.80. The largest absolute Gasteiger partial charge is 0.328 e. The molecule has 2 N–H and O–H groups in total. The Bertz CT molecular complexity index is 533. The zero-order valence-corrected chi connectivity index (χ0v) is 13.1. The Morgan fingerprint density at radius 3 is 2.35 bits per heavy atom. The van der Waals surface area contributed by atoms with Gasteiger partial charge in [-0.2, -0.15) is 0 Å². The monoisotopic (exact) mass is 296 g/mol. The fourth-order valence-corrected chi connectivity index (χ4v) is 3.94. The molecule has 0 aromatic heterocycles. The lowest BCUT2D eigenvalue weighted by Gasteiger charge is -2.34. The first kappa shape index (κ1) is 15.5. The Labute approximate surface area is 122 Å². The second-order valence-corrected chi connectivity index (χ2v) is 7.82. The third-order valence-electron chi connectivity index (χ3n) is 3.96. The quantitative estimate of drug-likeness (QED) is 0.873. The van der Waals surface area contributed by atoms with Gasteiger partial charge in [0, 0.05) is 19.6 Å². The van der Waals surface area contributed by atoms with Crippen LogP contribution in [0.15, 0.2) is 29.2 Å². The Morgan fingerprint density at radius 1 is 1.25 bits per heavy atom. The summed E-state index contributed by atoms with van der Waals surface area (Å²) in [5.41, 5.74) is 6.92. The smallest absolute Gasteiger partial charge is 0.242 e. The molecule has 0 saturated heterocycles. The number of hydrogen-bond acceptors (Lipinski definition) is 3. The second kappa shape index (κ2) is 6.24. The van der Waals surface area contributed by atoms with E-state index in [0.717, 1.165) is 25.7 Å². The molecule has 0 spiro atoms. The van der Waals surface area contributed by atoms with Gasteiger partial charge in [-0.1, -0.05) is 25.5 Å². The van der Waals surface area contributed by atoms with Crippen molar-refractivity contribution in [3.8, 4) is 0 Å². The average Bonchev–Trinajstić information content (AvgIpc) is 2.38. The van der Waals surface area contributed by atoms with Crippen molar-refractivity contribution in [3.05, 3.63) is 29.8 Å². The van der Waals surface area contributed by atoms with E-state index in [9.17, 15) is 8.42 Å². The molecular formula is C15H24N2O2S. The van der Waals surface area contributed by atoms with Gasteiger partial charge in [0.05, 0.1) is 4.90 Å². The van der Waals surface area contributed by atoms with Gasteiger partial charge in [0.2, 0.25) is 10.0 Å². The summed E-state index contributed by atoms with van der Waals surface area (Å²) in [5.74, 6) is 0.407. The highest BCUT2D eigenvalue weighted by atomic mass is 32.2. The minimum Gasteiger partial charge on any atom is -0.328 e. The molecule has 0 amide bonds. The molecule has 0 atom stereocenters. The summed E-state index contributed by atoms with van der Waals surface area (Å²) in [5, 5.41) is 0. The highest BCUT2D eigenvalue weighted by molar-refractivity contribution is 7.89. The summed E-state index contributed by atoms with van der Waals surface area (Å²) >= 11 is 0. The second-order valence-electron chi connectivity index (χ2n) is 5.78. The first-order chi connectivity index (χ1) is 9.43. The highest BCUT2D eigenvalue weighted by Gasteiger charge is 2.30. The zero-order chi connectivity index (χ0) is 14.8. The van der Waals surface area contributed by atoms with E-state index in [0.29, 0.717) is 17.4 Å². The first-order valence-electron chi connectivity index (χ1n) is 7.24. The van der Waals surface area contributed by atoms with E-state index in [-0.39, 0.29) is 6.04 Å². The Kier molecular flexibility index (Phi) is 4.83. The SMILES string of the molecule is CCCc1ccc(S(=O)(=O)N(C)CC2CC(N)C2)cc1. The molecule has 0 unspecified atom stereocenters. The van der Waals surface area contributed by atoms with Gasteiger partial charge in [-0.05, 0) is 42.9 Å². The molecule has 20 heavy (non-hydrogen) atoms. The number of rotatable bonds is 6. The van der Waals surface area contributed by atoms with Gasteiger partial charge < -0.3 is 5.73 Å². The van der Waals surface area contributed by atoms with Crippen molar-refractivity contribution in [1.82, 2.24) is 4.31 Å². The maximum Gasteiger partial charge on any atom is 0.242 e. The standard InChI is InChI=1S/C15H24N2O2S/c1-3-4-12-5-7-15(8-6-12)20(18,19)17(2)11-13-9-14(16)10-13/h5-8,13-14H,3-4,9-11,16H2,1-2H3. The predicted molar refractivity (Wildman–Crippen MR) is 81.0 cm³/mol. The lowest BCUT2D eigenvalue weighted by atomic mass is 9.81. The minimum absolute atomic E-state index is 0.254. The van der Waals surface area contributed by atoms with Gasteiger partial charge in [0.1, 0.15) is 0 Å². The van der Waals surface area contributed by atoms with Gasteiger partial charge in [-0.25, -0.2) is 12.7 Å². The topological polar surface area (TPSA) is 63.4 Å². The lowest BCUT2D eigenvalue weighted by molar-refractivity contribution is 0.227. The fraction of sp³-hybridized carbons (Fsp3) is 0.600. The molecule has 0 aliphatic heterocycles. The molecule has 0 heterocycles. The molecule has 4 nitrogen and oxygen atoms in total. The van der Waals surface area contributed by atoms with Crippen molar-refractivity contribution in [2.24, 2.45) is 11.7 Å². The van der Waals surface area contributed by atoms with Crippen molar-refractivity contribution >= 4 is 10.0 Å². The van der Waals surface area contributed by atoms with Crippen molar-refractivity contribution < 1.29 is 8.42 Å². The summed E-state index contributed by atoms with van der Waals surface area (Å²) in [7, 11) is -1.72. The van der Waals surface area contributed by atoms with E-state index >= 15 is 0 Å². The summed E-state index contributed by atoms with van der Waals surface area (Å²) in [6.45, 7) is 2.68. The fourth-order valence-electron chi connectivity index (χ4n) is 2.69. The maximum atomic E-state index is 12.5. The van der Waals surface area contributed by atoms with Crippen LogP contribution in [0.2, 0.25) is 0 Å². The molecular weight excluding hydrogens is 272 g/mol. The molecule has 1 aromatic rings. The highest BCUT2D eigenvalue weighted by Crippen LogP contribution is 2.28. The normalized spacial score (nSPS) is 22.8. The maximum absolute atomic E-state index is 12.5. The van der Waals surface area contributed by atoms with E-state index < -0.39 is 10.0 Å². The van der Waals surface area contributed by atoms with Crippen LogP contribution in [0.3, 0.4) is 0 Å². The molecule has 1 aliphatic rings. The number of sulfonamides is 1. The Balaban J connectivity index is 2.04. The Hall–Kier alpha value is -0.910. The molecule has 112 valence electrons. The Morgan fingerprint density at radius 2 is 1.85 bits per heavy atom. The lowest BCUT2D eigenvalue weighted by Crippen LogP contribution is -2.43. The van der Waals surface area contributed by atoms with Crippen molar-refractivity contribution in [2.75, 3.05) is 13.6 Å². The van der Waals surface area contributed by atoms with Crippen LogP contribution in [-0.4, -0.2) is 32.4 Å². The summed E-state index contributed by atoms with van der Waals surface area (Å²) in [6, 6.07) is 7.49. The average molecular weight is 296 g/mol. The molecule has 1 saturated carbocycles. The van der Waals surface area contributed by atoms with Crippen LogP contribution in [0, 0.1) is 5.92 Å². The van der Waals surface area contributed by atoms with Crippen LogP contribution in [0.5, 0.6) is 0 Å². The summed E-state index contributed by atoms with van der Waals surface area (Å²) in [4.78, 5) is 0.378.